The van der Waals surface area contributed by atoms with Gasteiger partial charge in [0.15, 0.2) is 0 Å². The van der Waals surface area contributed by atoms with Crippen LogP contribution in [-0.4, -0.2) is 0 Å². The molecule has 2 aromatic rings. The Kier molecular flexibility index (Phi) is 3.28. The number of benzene rings is 2. The lowest BCUT2D eigenvalue weighted by molar-refractivity contribution is -0.137. The zero-order chi connectivity index (χ0) is 13.2. The molecule has 2 aromatic carbocycles. The second-order valence-corrected chi connectivity index (χ2v) is 4.07. The summed E-state index contributed by atoms with van der Waals surface area (Å²) in [5, 5.41) is 3.04. The van der Waals surface area contributed by atoms with Gasteiger partial charge in [-0.3, -0.25) is 0 Å². The van der Waals surface area contributed by atoms with Gasteiger partial charge < -0.3 is 5.32 Å². The number of halogens is 3. The Morgan fingerprint density at radius 3 is 1.67 bits per heavy atom. The van der Waals surface area contributed by atoms with E-state index in [0.29, 0.717) is 5.69 Å². The number of hydrogen-bond acceptors (Lipinski definition) is 1. The van der Waals surface area contributed by atoms with Crippen LogP contribution < -0.4 is 5.32 Å². The van der Waals surface area contributed by atoms with E-state index < -0.39 is 11.7 Å². The maximum Gasteiger partial charge on any atom is 0.416 e. The van der Waals surface area contributed by atoms with Crippen LogP contribution >= 0.6 is 0 Å². The fourth-order valence-corrected chi connectivity index (χ4v) is 1.55. The Balaban J connectivity index is 2.13. The van der Waals surface area contributed by atoms with Crippen LogP contribution in [0.1, 0.15) is 11.1 Å². The van der Waals surface area contributed by atoms with Gasteiger partial charge in [-0.2, -0.15) is 13.2 Å². The van der Waals surface area contributed by atoms with Crippen LogP contribution in [0.15, 0.2) is 48.5 Å². The highest BCUT2D eigenvalue weighted by Crippen LogP contribution is 2.30. The molecular weight excluding hydrogens is 239 g/mol. The van der Waals surface area contributed by atoms with Gasteiger partial charge in [0.2, 0.25) is 0 Å². The molecule has 0 aliphatic heterocycles. The third-order valence-electron chi connectivity index (χ3n) is 2.55. The van der Waals surface area contributed by atoms with Crippen molar-refractivity contribution in [3.05, 3.63) is 59.7 Å². The van der Waals surface area contributed by atoms with E-state index in [2.05, 4.69) is 5.32 Å². The Morgan fingerprint density at radius 1 is 0.778 bits per heavy atom. The fraction of sp³-hybridized carbons (Fsp3) is 0.143. The van der Waals surface area contributed by atoms with Gasteiger partial charge in [0.05, 0.1) is 5.56 Å². The minimum atomic E-state index is -4.29. The summed E-state index contributed by atoms with van der Waals surface area (Å²) in [6.45, 7) is 1.97. The number of aryl methyl sites for hydroxylation is 1. The molecule has 18 heavy (non-hydrogen) atoms. The van der Waals surface area contributed by atoms with Crippen LogP contribution in [0.25, 0.3) is 0 Å². The molecule has 0 amide bonds. The van der Waals surface area contributed by atoms with Gasteiger partial charge in [-0.25, -0.2) is 0 Å². The zero-order valence-corrected chi connectivity index (χ0v) is 9.75. The average molecular weight is 251 g/mol. The molecule has 0 aromatic heterocycles. The van der Waals surface area contributed by atoms with E-state index in [1.165, 1.54) is 12.1 Å². The molecule has 1 nitrogen and oxygen atoms in total. The normalized spacial score (nSPS) is 11.3. The zero-order valence-electron chi connectivity index (χ0n) is 9.75. The van der Waals surface area contributed by atoms with Crippen molar-refractivity contribution in [1.29, 1.82) is 0 Å². The first-order valence-electron chi connectivity index (χ1n) is 5.46. The smallest absolute Gasteiger partial charge is 0.356 e. The van der Waals surface area contributed by atoms with Crippen molar-refractivity contribution < 1.29 is 13.2 Å². The molecule has 4 heteroatoms. The van der Waals surface area contributed by atoms with E-state index in [4.69, 9.17) is 0 Å². The van der Waals surface area contributed by atoms with Gasteiger partial charge >= 0.3 is 6.18 Å². The Morgan fingerprint density at radius 2 is 1.22 bits per heavy atom. The minimum absolute atomic E-state index is 0.631. The largest absolute Gasteiger partial charge is 0.416 e. The molecule has 0 fully saturated rings. The predicted octanol–water partition coefficient (Wildman–Crippen LogP) is 4.76. The van der Waals surface area contributed by atoms with Crippen molar-refractivity contribution in [2.24, 2.45) is 0 Å². The molecular formula is C14H12F3N. The minimum Gasteiger partial charge on any atom is -0.356 e. The molecule has 0 heterocycles. The molecule has 0 aliphatic rings. The quantitative estimate of drug-likeness (QED) is 0.811. The summed E-state index contributed by atoms with van der Waals surface area (Å²) in [5.74, 6) is 0. The topological polar surface area (TPSA) is 12.0 Å². The van der Waals surface area contributed by atoms with Gasteiger partial charge in [-0.15, -0.1) is 0 Å². The second kappa shape index (κ2) is 4.72. The highest BCUT2D eigenvalue weighted by Gasteiger charge is 2.29. The first-order valence-corrected chi connectivity index (χ1v) is 5.46. The Hall–Kier alpha value is -1.97. The monoisotopic (exact) mass is 251 g/mol. The van der Waals surface area contributed by atoms with Crippen LogP contribution in [0.5, 0.6) is 0 Å². The van der Waals surface area contributed by atoms with Crippen molar-refractivity contribution in [2.75, 3.05) is 5.32 Å². The molecule has 1 N–H and O–H groups in total. The van der Waals surface area contributed by atoms with Gasteiger partial charge in [0.25, 0.3) is 0 Å². The van der Waals surface area contributed by atoms with E-state index in [9.17, 15) is 13.2 Å². The van der Waals surface area contributed by atoms with Crippen molar-refractivity contribution in [2.45, 2.75) is 13.1 Å². The number of nitrogens with one attached hydrogen (secondary N) is 1. The first-order chi connectivity index (χ1) is 8.45. The second-order valence-electron chi connectivity index (χ2n) is 4.07. The van der Waals surface area contributed by atoms with E-state index in [1.807, 2.05) is 31.2 Å². The van der Waals surface area contributed by atoms with Crippen LogP contribution in [-0.2, 0) is 6.18 Å². The highest BCUT2D eigenvalue weighted by atomic mass is 19.4. The van der Waals surface area contributed by atoms with E-state index in [0.717, 1.165) is 23.4 Å². The van der Waals surface area contributed by atoms with Crippen LogP contribution in [0.2, 0.25) is 0 Å². The summed E-state index contributed by atoms with van der Waals surface area (Å²) in [4.78, 5) is 0. The SMILES string of the molecule is Cc1ccc(Nc2ccc(C(F)(F)F)cc2)cc1. The maximum absolute atomic E-state index is 12.4. The molecule has 0 unspecified atom stereocenters. The molecule has 0 saturated carbocycles. The first kappa shape index (κ1) is 12.5. The van der Waals surface area contributed by atoms with Crippen molar-refractivity contribution in [1.82, 2.24) is 0 Å². The lowest BCUT2D eigenvalue weighted by atomic mass is 10.2. The Bertz CT molecular complexity index is 512. The predicted molar refractivity (Wildman–Crippen MR) is 65.9 cm³/mol. The summed E-state index contributed by atoms with van der Waals surface area (Å²) in [6.07, 6.45) is -4.29. The molecule has 94 valence electrons. The molecule has 0 radical (unpaired) electrons. The maximum atomic E-state index is 12.4. The number of alkyl halides is 3. The third-order valence-corrected chi connectivity index (χ3v) is 2.55. The van der Waals surface area contributed by atoms with Gasteiger partial charge in [0, 0.05) is 11.4 Å². The number of hydrogen-bond donors (Lipinski definition) is 1. The molecule has 0 saturated heterocycles. The standard InChI is InChI=1S/C14H12F3N/c1-10-2-6-12(7-3-10)18-13-8-4-11(5-9-13)14(15,16)17/h2-9,18H,1H3. The number of rotatable bonds is 2. The number of anilines is 2. The van der Waals surface area contributed by atoms with E-state index >= 15 is 0 Å². The highest BCUT2D eigenvalue weighted by molar-refractivity contribution is 5.60. The molecule has 0 bridgehead atoms. The molecule has 2 rings (SSSR count). The van der Waals surface area contributed by atoms with Gasteiger partial charge in [0.1, 0.15) is 0 Å². The van der Waals surface area contributed by atoms with E-state index in [1.54, 1.807) is 0 Å². The average Bonchev–Trinajstić information content (AvgIpc) is 2.32. The van der Waals surface area contributed by atoms with Crippen LogP contribution in [0, 0.1) is 6.92 Å². The van der Waals surface area contributed by atoms with Gasteiger partial charge in [-0.1, -0.05) is 17.7 Å². The molecule has 0 aliphatic carbocycles. The van der Waals surface area contributed by atoms with Crippen LogP contribution in [0.4, 0.5) is 24.5 Å². The van der Waals surface area contributed by atoms with E-state index in [-0.39, 0.29) is 0 Å². The van der Waals surface area contributed by atoms with Crippen molar-refractivity contribution in [3.63, 3.8) is 0 Å². The third kappa shape index (κ3) is 3.03. The van der Waals surface area contributed by atoms with Gasteiger partial charge in [-0.05, 0) is 43.3 Å². The van der Waals surface area contributed by atoms with Crippen molar-refractivity contribution in [3.8, 4) is 0 Å². The summed E-state index contributed by atoms with van der Waals surface area (Å²) >= 11 is 0. The fourth-order valence-electron chi connectivity index (χ4n) is 1.55. The Labute approximate surface area is 103 Å². The van der Waals surface area contributed by atoms with Crippen molar-refractivity contribution >= 4 is 11.4 Å². The summed E-state index contributed by atoms with van der Waals surface area (Å²) < 4.78 is 37.1. The molecule has 0 atom stereocenters. The lowest BCUT2D eigenvalue weighted by Crippen LogP contribution is -2.04. The summed E-state index contributed by atoms with van der Waals surface area (Å²) in [5.41, 5.74) is 1.97. The molecule has 0 spiro atoms. The summed E-state index contributed by atoms with van der Waals surface area (Å²) in [6, 6.07) is 12.6. The lowest BCUT2D eigenvalue weighted by Gasteiger charge is -2.09. The van der Waals surface area contributed by atoms with Crippen LogP contribution in [0.3, 0.4) is 0 Å². The summed E-state index contributed by atoms with van der Waals surface area (Å²) in [7, 11) is 0.